The van der Waals surface area contributed by atoms with Gasteiger partial charge in [0, 0.05) is 31.1 Å². The monoisotopic (exact) mass is 248 g/mol. The predicted octanol–water partition coefficient (Wildman–Crippen LogP) is 1.78. The molecule has 2 saturated carbocycles. The summed E-state index contributed by atoms with van der Waals surface area (Å²) in [6, 6.07) is 1.27. The number of carbonyl (C=O) groups excluding carboxylic acids is 1. The van der Waals surface area contributed by atoms with Gasteiger partial charge in [-0.15, -0.1) is 0 Å². The minimum atomic E-state index is 0.404. The Bertz CT molecular complexity index is 336. The molecule has 0 spiro atoms. The van der Waals surface area contributed by atoms with E-state index in [1.165, 1.54) is 44.9 Å². The summed E-state index contributed by atoms with van der Waals surface area (Å²) in [5, 5.41) is 3.67. The number of likely N-dealkylation sites (tertiary alicyclic amines) is 1. The highest BCUT2D eigenvalue weighted by atomic mass is 16.2. The smallest absolute Gasteiger partial charge is 0.226 e. The molecule has 2 aliphatic carbocycles. The summed E-state index contributed by atoms with van der Waals surface area (Å²) in [4.78, 5) is 15.0. The molecular weight excluding hydrogens is 224 g/mol. The molecule has 4 rings (SSSR count). The van der Waals surface area contributed by atoms with Gasteiger partial charge in [-0.1, -0.05) is 0 Å². The highest BCUT2D eigenvalue weighted by Gasteiger charge is 2.47. The van der Waals surface area contributed by atoms with Crippen molar-refractivity contribution in [1.82, 2.24) is 10.2 Å². The van der Waals surface area contributed by atoms with Crippen molar-refractivity contribution in [3.8, 4) is 0 Å². The zero-order valence-electron chi connectivity index (χ0n) is 11.1. The second-order valence-corrected chi connectivity index (χ2v) is 6.91. The third-order valence-electron chi connectivity index (χ3n) is 5.38. The van der Waals surface area contributed by atoms with E-state index in [4.69, 9.17) is 0 Å². The minimum absolute atomic E-state index is 0.404. The first-order valence-corrected chi connectivity index (χ1v) is 7.86. The van der Waals surface area contributed by atoms with Crippen molar-refractivity contribution >= 4 is 5.91 Å². The van der Waals surface area contributed by atoms with Crippen LogP contribution in [0, 0.1) is 17.8 Å². The minimum Gasteiger partial charge on any atom is -0.341 e. The molecule has 3 heteroatoms. The molecule has 1 amide bonds. The Balaban J connectivity index is 1.46. The van der Waals surface area contributed by atoms with Crippen LogP contribution in [-0.2, 0) is 4.79 Å². The largest absolute Gasteiger partial charge is 0.341 e. The lowest BCUT2D eigenvalue weighted by Crippen LogP contribution is -2.43. The van der Waals surface area contributed by atoms with E-state index in [0.717, 1.165) is 24.9 Å². The highest BCUT2D eigenvalue weighted by Crippen LogP contribution is 2.50. The SMILES string of the molecule is O=C(C(C1CC1)C1CC1)N1CCC2CCC(C1)N2. The van der Waals surface area contributed by atoms with Gasteiger partial charge >= 0.3 is 0 Å². The third kappa shape index (κ3) is 2.07. The van der Waals surface area contributed by atoms with Crippen LogP contribution >= 0.6 is 0 Å². The molecule has 18 heavy (non-hydrogen) atoms. The number of carbonyl (C=O) groups is 1. The molecule has 4 fully saturated rings. The lowest BCUT2D eigenvalue weighted by molar-refractivity contribution is -0.137. The second kappa shape index (κ2) is 4.22. The summed E-state index contributed by atoms with van der Waals surface area (Å²) in [5.41, 5.74) is 0. The molecule has 2 aliphatic heterocycles. The Morgan fingerprint density at radius 2 is 1.61 bits per heavy atom. The fourth-order valence-corrected chi connectivity index (χ4v) is 4.05. The highest BCUT2D eigenvalue weighted by molar-refractivity contribution is 5.80. The van der Waals surface area contributed by atoms with E-state index in [9.17, 15) is 4.79 Å². The standard InChI is InChI=1S/C15H24N2O/c18-15(14(10-1-2-10)11-3-4-11)17-8-7-12-5-6-13(9-17)16-12/h10-14,16H,1-9H2. The molecule has 4 aliphatic rings. The molecule has 2 saturated heterocycles. The van der Waals surface area contributed by atoms with E-state index >= 15 is 0 Å². The van der Waals surface area contributed by atoms with Gasteiger partial charge in [0.05, 0.1) is 0 Å². The molecule has 2 heterocycles. The summed E-state index contributed by atoms with van der Waals surface area (Å²) in [5.74, 6) is 2.41. The fourth-order valence-electron chi connectivity index (χ4n) is 4.05. The van der Waals surface area contributed by atoms with Gasteiger partial charge in [0.25, 0.3) is 0 Å². The van der Waals surface area contributed by atoms with E-state index in [0.29, 0.717) is 23.9 Å². The van der Waals surface area contributed by atoms with Gasteiger partial charge in [-0.3, -0.25) is 4.79 Å². The number of hydrogen-bond donors (Lipinski definition) is 1. The van der Waals surface area contributed by atoms with E-state index in [-0.39, 0.29) is 0 Å². The van der Waals surface area contributed by atoms with Crippen LogP contribution in [0.3, 0.4) is 0 Å². The molecule has 2 atom stereocenters. The predicted molar refractivity (Wildman–Crippen MR) is 70.1 cm³/mol. The summed E-state index contributed by atoms with van der Waals surface area (Å²) in [7, 11) is 0. The second-order valence-electron chi connectivity index (χ2n) is 6.91. The lowest BCUT2D eigenvalue weighted by atomic mass is 9.95. The summed E-state index contributed by atoms with van der Waals surface area (Å²) >= 11 is 0. The van der Waals surface area contributed by atoms with E-state index in [2.05, 4.69) is 10.2 Å². The van der Waals surface area contributed by atoms with E-state index < -0.39 is 0 Å². The number of rotatable bonds is 3. The molecule has 0 aromatic heterocycles. The van der Waals surface area contributed by atoms with Crippen molar-refractivity contribution in [1.29, 1.82) is 0 Å². The van der Waals surface area contributed by atoms with Crippen molar-refractivity contribution in [3.63, 3.8) is 0 Å². The zero-order chi connectivity index (χ0) is 12.1. The van der Waals surface area contributed by atoms with Crippen molar-refractivity contribution < 1.29 is 4.79 Å². The lowest BCUT2D eigenvalue weighted by Gasteiger charge is -2.28. The van der Waals surface area contributed by atoms with Gasteiger partial charge in [-0.25, -0.2) is 0 Å². The first-order chi connectivity index (χ1) is 8.81. The van der Waals surface area contributed by atoms with E-state index in [1.807, 2.05) is 0 Å². The average molecular weight is 248 g/mol. The topological polar surface area (TPSA) is 32.3 Å². The van der Waals surface area contributed by atoms with Crippen LogP contribution in [0.2, 0.25) is 0 Å². The third-order valence-corrected chi connectivity index (χ3v) is 5.38. The zero-order valence-corrected chi connectivity index (χ0v) is 11.1. The van der Waals surface area contributed by atoms with Crippen LogP contribution in [0.4, 0.5) is 0 Å². The van der Waals surface area contributed by atoms with Crippen molar-refractivity contribution in [2.24, 2.45) is 17.8 Å². The Kier molecular flexibility index (Phi) is 2.65. The van der Waals surface area contributed by atoms with Crippen LogP contribution in [0.1, 0.15) is 44.9 Å². The number of amides is 1. The number of hydrogen-bond acceptors (Lipinski definition) is 2. The Labute approximate surface area is 109 Å². The quantitative estimate of drug-likeness (QED) is 0.825. The van der Waals surface area contributed by atoms with Gasteiger partial charge in [-0.2, -0.15) is 0 Å². The van der Waals surface area contributed by atoms with Gasteiger partial charge in [0.1, 0.15) is 0 Å². The van der Waals surface area contributed by atoms with Crippen LogP contribution in [-0.4, -0.2) is 36.0 Å². The summed E-state index contributed by atoms with van der Waals surface area (Å²) in [6.45, 7) is 1.98. The number of fused-ring (bicyclic) bond motifs is 2. The number of nitrogens with zero attached hydrogens (tertiary/aromatic N) is 1. The molecule has 0 radical (unpaired) electrons. The Morgan fingerprint density at radius 1 is 0.944 bits per heavy atom. The van der Waals surface area contributed by atoms with Crippen molar-refractivity contribution in [3.05, 3.63) is 0 Å². The Morgan fingerprint density at radius 3 is 2.28 bits per heavy atom. The molecule has 0 aromatic rings. The van der Waals surface area contributed by atoms with Crippen LogP contribution < -0.4 is 5.32 Å². The van der Waals surface area contributed by atoms with Crippen LogP contribution in [0.5, 0.6) is 0 Å². The average Bonchev–Trinajstić information content (AvgIpc) is 3.21. The van der Waals surface area contributed by atoms with Crippen molar-refractivity contribution in [2.45, 2.75) is 57.0 Å². The fraction of sp³-hybridized carbons (Fsp3) is 0.933. The van der Waals surface area contributed by atoms with Crippen molar-refractivity contribution in [2.75, 3.05) is 13.1 Å². The molecule has 2 unspecified atom stereocenters. The maximum Gasteiger partial charge on any atom is 0.226 e. The molecule has 2 bridgehead atoms. The molecule has 100 valence electrons. The van der Waals surface area contributed by atoms with Gasteiger partial charge in [0.2, 0.25) is 5.91 Å². The first-order valence-electron chi connectivity index (χ1n) is 7.86. The molecular formula is C15H24N2O. The van der Waals surface area contributed by atoms with Gasteiger partial charge in [0.15, 0.2) is 0 Å². The molecule has 0 aromatic carbocycles. The first kappa shape index (κ1) is 11.3. The van der Waals surface area contributed by atoms with Gasteiger partial charge in [-0.05, 0) is 56.8 Å². The maximum atomic E-state index is 12.8. The van der Waals surface area contributed by atoms with E-state index in [1.54, 1.807) is 0 Å². The van der Waals surface area contributed by atoms with Crippen LogP contribution in [0.25, 0.3) is 0 Å². The van der Waals surface area contributed by atoms with Gasteiger partial charge < -0.3 is 10.2 Å². The Hall–Kier alpha value is -0.570. The maximum absolute atomic E-state index is 12.8. The molecule has 1 N–H and O–H groups in total. The normalized spacial score (nSPS) is 35.9. The molecule has 3 nitrogen and oxygen atoms in total. The van der Waals surface area contributed by atoms with Crippen LogP contribution in [0.15, 0.2) is 0 Å². The summed E-state index contributed by atoms with van der Waals surface area (Å²) < 4.78 is 0. The number of nitrogens with one attached hydrogen (secondary N) is 1. The summed E-state index contributed by atoms with van der Waals surface area (Å²) in [6.07, 6.45) is 9.00.